The zero-order chi connectivity index (χ0) is 17.4. The summed E-state index contributed by atoms with van der Waals surface area (Å²) in [5.74, 6) is 0.355. The Hall–Kier alpha value is -1.17. The molecule has 25 heavy (non-hydrogen) atoms. The first-order chi connectivity index (χ1) is 12.1. The molecule has 2 aromatic rings. The third-order valence-electron chi connectivity index (χ3n) is 5.25. The molecule has 1 unspecified atom stereocenters. The van der Waals surface area contributed by atoms with Gasteiger partial charge in [0.1, 0.15) is 0 Å². The summed E-state index contributed by atoms with van der Waals surface area (Å²) in [6.07, 6.45) is 6.52. The SMILES string of the molecule is Cc1cc(Cl)cc2sc(N(CC3CCCO3)C(=O)C3CCCC3)nc12. The third kappa shape index (κ3) is 3.55. The van der Waals surface area contributed by atoms with Crippen LogP contribution in [0.3, 0.4) is 0 Å². The predicted molar refractivity (Wildman–Crippen MR) is 103 cm³/mol. The molecule has 1 aliphatic carbocycles. The van der Waals surface area contributed by atoms with Crippen LogP contribution in [0.25, 0.3) is 10.2 Å². The average molecular weight is 379 g/mol. The quantitative estimate of drug-likeness (QED) is 0.755. The Labute approximate surface area is 157 Å². The summed E-state index contributed by atoms with van der Waals surface area (Å²) in [4.78, 5) is 19.9. The molecule has 6 heteroatoms. The number of hydrogen-bond acceptors (Lipinski definition) is 4. The third-order valence-corrected chi connectivity index (χ3v) is 6.49. The molecular formula is C19H23ClN2O2S. The first-order valence-electron chi connectivity index (χ1n) is 9.11. The van der Waals surface area contributed by atoms with Gasteiger partial charge in [0.15, 0.2) is 5.13 Å². The molecule has 1 saturated carbocycles. The van der Waals surface area contributed by atoms with E-state index in [9.17, 15) is 4.79 Å². The maximum absolute atomic E-state index is 13.2. The van der Waals surface area contributed by atoms with Crippen molar-refractivity contribution in [3.8, 4) is 0 Å². The van der Waals surface area contributed by atoms with Crippen LogP contribution in [0, 0.1) is 12.8 Å². The van der Waals surface area contributed by atoms with E-state index in [-0.39, 0.29) is 17.9 Å². The number of aromatic nitrogens is 1. The second-order valence-corrected chi connectivity index (χ2v) is 8.58. The number of rotatable bonds is 4. The van der Waals surface area contributed by atoms with Gasteiger partial charge in [0, 0.05) is 17.5 Å². The Morgan fingerprint density at radius 1 is 1.32 bits per heavy atom. The summed E-state index contributed by atoms with van der Waals surface area (Å²) in [6, 6.07) is 3.87. The Morgan fingerprint density at radius 2 is 2.12 bits per heavy atom. The van der Waals surface area contributed by atoms with Crippen molar-refractivity contribution in [1.29, 1.82) is 0 Å². The lowest BCUT2D eigenvalue weighted by molar-refractivity contribution is -0.122. The van der Waals surface area contributed by atoms with Crippen molar-refractivity contribution in [2.75, 3.05) is 18.1 Å². The molecule has 4 nitrogen and oxygen atoms in total. The monoisotopic (exact) mass is 378 g/mol. The van der Waals surface area contributed by atoms with Gasteiger partial charge < -0.3 is 4.74 Å². The average Bonchev–Trinajstić information content (AvgIpc) is 3.32. The van der Waals surface area contributed by atoms with Gasteiger partial charge in [-0.2, -0.15) is 0 Å². The molecule has 0 bridgehead atoms. The van der Waals surface area contributed by atoms with Crippen molar-refractivity contribution in [3.63, 3.8) is 0 Å². The smallest absolute Gasteiger partial charge is 0.231 e. The van der Waals surface area contributed by atoms with Crippen LogP contribution in [0.2, 0.25) is 5.02 Å². The highest BCUT2D eigenvalue weighted by Gasteiger charge is 2.32. The molecule has 0 spiro atoms. The van der Waals surface area contributed by atoms with Crippen molar-refractivity contribution in [2.45, 2.75) is 51.6 Å². The van der Waals surface area contributed by atoms with Gasteiger partial charge in [-0.15, -0.1) is 0 Å². The first-order valence-corrected chi connectivity index (χ1v) is 10.3. The number of carbonyl (C=O) groups is 1. The van der Waals surface area contributed by atoms with Gasteiger partial charge in [0.25, 0.3) is 0 Å². The number of hydrogen-bond donors (Lipinski definition) is 0. The van der Waals surface area contributed by atoms with Gasteiger partial charge in [-0.3, -0.25) is 9.69 Å². The van der Waals surface area contributed by atoms with Crippen LogP contribution < -0.4 is 4.90 Å². The van der Waals surface area contributed by atoms with E-state index in [1.165, 1.54) is 0 Å². The second-order valence-electron chi connectivity index (χ2n) is 7.13. The van der Waals surface area contributed by atoms with E-state index < -0.39 is 0 Å². The molecule has 2 heterocycles. The van der Waals surface area contributed by atoms with Crippen molar-refractivity contribution in [2.24, 2.45) is 5.92 Å². The summed E-state index contributed by atoms with van der Waals surface area (Å²) in [5.41, 5.74) is 2.00. The molecule has 134 valence electrons. The van der Waals surface area contributed by atoms with Crippen molar-refractivity contribution in [3.05, 3.63) is 22.7 Å². The zero-order valence-electron chi connectivity index (χ0n) is 14.5. The van der Waals surface area contributed by atoms with E-state index in [0.717, 1.165) is 66.0 Å². The van der Waals surface area contributed by atoms with Crippen LogP contribution in [-0.4, -0.2) is 30.1 Å². The van der Waals surface area contributed by atoms with Crippen LogP contribution in [0.1, 0.15) is 44.1 Å². The summed E-state index contributed by atoms with van der Waals surface area (Å²) in [7, 11) is 0. The van der Waals surface area contributed by atoms with Crippen LogP contribution in [0.15, 0.2) is 12.1 Å². The molecule has 1 saturated heterocycles. The fraction of sp³-hybridized carbons (Fsp3) is 0.579. The molecule has 1 aromatic carbocycles. The lowest BCUT2D eigenvalue weighted by atomic mass is 10.1. The van der Waals surface area contributed by atoms with Gasteiger partial charge in [-0.25, -0.2) is 4.98 Å². The van der Waals surface area contributed by atoms with Crippen LogP contribution in [-0.2, 0) is 9.53 Å². The number of aryl methyl sites for hydroxylation is 1. The zero-order valence-corrected chi connectivity index (χ0v) is 16.0. The number of carbonyl (C=O) groups excluding carboxylic acids is 1. The lowest BCUT2D eigenvalue weighted by Crippen LogP contribution is -2.40. The van der Waals surface area contributed by atoms with E-state index >= 15 is 0 Å². The van der Waals surface area contributed by atoms with E-state index in [4.69, 9.17) is 21.3 Å². The standard InChI is InChI=1S/C19H23ClN2O2S/c1-12-9-14(20)10-16-17(12)21-19(25-16)22(11-15-7-4-8-24-15)18(23)13-5-2-3-6-13/h9-10,13,15H,2-8,11H2,1H3. The van der Waals surface area contributed by atoms with E-state index in [2.05, 4.69) is 0 Å². The highest BCUT2D eigenvalue weighted by Crippen LogP contribution is 2.36. The Bertz CT molecular complexity index is 779. The number of thiazole rings is 1. The highest BCUT2D eigenvalue weighted by molar-refractivity contribution is 7.22. The Balaban J connectivity index is 1.68. The van der Waals surface area contributed by atoms with Gasteiger partial charge >= 0.3 is 0 Å². The number of nitrogens with zero attached hydrogens (tertiary/aromatic N) is 2. The van der Waals surface area contributed by atoms with Gasteiger partial charge in [0.05, 0.1) is 22.9 Å². The molecule has 0 radical (unpaired) electrons. The molecule has 1 atom stereocenters. The normalized spacial score (nSPS) is 21.3. The van der Waals surface area contributed by atoms with Crippen LogP contribution >= 0.6 is 22.9 Å². The minimum Gasteiger partial charge on any atom is -0.376 e. The minimum atomic E-state index is 0.127. The number of anilines is 1. The first kappa shape index (κ1) is 17.3. The number of benzene rings is 1. The molecule has 2 fully saturated rings. The maximum atomic E-state index is 13.2. The van der Waals surface area contributed by atoms with E-state index in [0.29, 0.717) is 11.6 Å². The number of ether oxygens (including phenoxy) is 1. The summed E-state index contributed by atoms with van der Waals surface area (Å²) >= 11 is 7.75. The fourth-order valence-corrected chi connectivity index (χ4v) is 5.34. The molecule has 4 rings (SSSR count). The van der Waals surface area contributed by atoms with Gasteiger partial charge in [0.2, 0.25) is 5.91 Å². The number of amides is 1. The highest BCUT2D eigenvalue weighted by atomic mass is 35.5. The molecule has 1 amide bonds. The molecular weight excluding hydrogens is 356 g/mol. The van der Waals surface area contributed by atoms with E-state index in [1.807, 2.05) is 24.0 Å². The largest absolute Gasteiger partial charge is 0.376 e. The lowest BCUT2D eigenvalue weighted by Gasteiger charge is -2.25. The number of fused-ring (bicyclic) bond motifs is 1. The van der Waals surface area contributed by atoms with Crippen molar-refractivity contribution >= 4 is 44.2 Å². The predicted octanol–water partition coefficient (Wildman–Crippen LogP) is 4.96. The number of halogens is 1. The Morgan fingerprint density at radius 3 is 2.84 bits per heavy atom. The summed E-state index contributed by atoms with van der Waals surface area (Å²) in [6.45, 7) is 3.42. The minimum absolute atomic E-state index is 0.127. The maximum Gasteiger partial charge on any atom is 0.231 e. The van der Waals surface area contributed by atoms with Crippen LogP contribution in [0.4, 0.5) is 5.13 Å². The van der Waals surface area contributed by atoms with E-state index in [1.54, 1.807) is 11.3 Å². The molecule has 0 N–H and O–H groups in total. The van der Waals surface area contributed by atoms with Gasteiger partial charge in [-0.05, 0) is 50.3 Å². The fourth-order valence-electron chi connectivity index (χ4n) is 3.91. The Kier molecular flexibility index (Phi) is 4.98. The van der Waals surface area contributed by atoms with Crippen molar-refractivity contribution < 1.29 is 9.53 Å². The molecule has 2 aliphatic rings. The second kappa shape index (κ2) is 7.22. The van der Waals surface area contributed by atoms with Crippen molar-refractivity contribution in [1.82, 2.24) is 4.98 Å². The van der Waals surface area contributed by atoms with Gasteiger partial charge in [-0.1, -0.05) is 35.8 Å². The summed E-state index contributed by atoms with van der Waals surface area (Å²) < 4.78 is 6.83. The summed E-state index contributed by atoms with van der Waals surface area (Å²) in [5, 5.41) is 1.50. The molecule has 1 aliphatic heterocycles. The topological polar surface area (TPSA) is 42.4 Å². The molecule has 1 aromatic heterocycles. The van der Waals surface area contributed by atoms with Crippen LogP contribution in [0.5, 0.6) is 0 Å².